The highest BCUT2D eigenvalue weighted by Crippen LogP contribution is 2.27. The van der Waals surface area contributed by atoms with Crippen molar-refractivity contribution in [2.75, 3.05) is 14.1 Å². The number of hydrogen-bond acceptors (Lipinski definition) is 5. The fraction of sp³-hybridized carbons (Fsp3) is 0.300. The Bertz CT molecular complexity index is 1270. The Balaban J connectivity index is 1.70. The lowest BCUT2D eigenvalue weighted by atomic mass is 10.3. The minimum atomic E-state index is -3.49. The molecule has 0 amide bonds. The zero-order chi connectivity index (χ0) is 20.6. The second kappa shape index (κ2) is 7.81. The monoisotopic (exact) mass is 429 g/mol. The van der Waals surface area contributed by atoms with Gasteiger partial charge < -0.3 is 4.57 Å². The molecule has 0 aliphatic rings. The number of benzene rings is 1. The van der Waals surface area contributed by atoms with Crippen LogP contribution in [0.1, 0.15) is 19.2 Å². The van der Waals surface area contributed by atoms with Gasteiger partial charge >= 0.3 is 0 Å². The number of aryl methyl sites for hydroxylation is 1. The highest BCUT2D eigenvalue weighted by molar-refractivity contribution is 7.98. The van der Waals surface area contributed by atoms with Crippen LogP contribution in [0.5, 0.6) is 0 Å². The first-order valence-electron chi connectivity index (χ1n) is 9.38. The van der Waals surface area contributed by atoms with Gasteiger partial charge in [0.05, 0.1) is 33.4 Å². The van der Waals surface area contributed by atoms with Gasteiger partial charge in [0.15, 0.2) is 5.16 Å². The molecule has 0 fully saturated rings. The molecular formula is C20H23N5O2S2. The fourth-order valence-corrected chi connectivity index (χ4v) is 5.10. The molecule has 0 aliphatic heterocycles. The van der Waals surface area contributed by atoms with Crippen LogP contribution in [0, 0.1) is 0 Å². The van der Waals surface area contributed by atoms with Gasteiger partial charge in [-0.25, -0.2) is 22.7 Å². The van der Waals surface area contributed by atoms with Gasteiger partial charge in [-0.1, -0.05) is 24.8 Å². The van der Waals surface area contributed by atoms with Crippen LogP contribution in [-0.2, 0) is 22.3 Å². The molecule has 0 radical (unpaired) electrons. The molecule has 0 saturated heterocycles. The van der Waals surface area contributed by atoms with Crippen LogP contribution in [0.4, 0.5) is 0 Å². The van der Waals surface area contributed by atoms with Crippen molar-refractivity contribution >= 4 is 38.3 Å². The van der Waals surface area contributed by atoms with Gasteiger partial charge in [-0.3, -0.25) is 4.40 Å². The summed E-state index contributed by atoms with van der Waals surface area (Å²) in [5.41, 5.74) is 2.70. The normalized spacial score (nSPS) is 12.4. The first-order valence-corrected chi connectivity index (χ1v) is 11.8. The fourth-order valence-electron chi connectivity index (χ4n) is 3.27. The second-order valence-corrected chi connectivity index (χ2v) is 10.0. The Kier molecular flexibility index (Phi) is 5.37. The molecule has 152 valence electrons. The van der Waals surface area contributed by atoms with Gasteiger partial charge in [-0.15, -0.1) is 0 Å². The van der Waals surface area contributed by atoms with Crippen molar-refractivity contribution in [3.05, 3.63) is 54.6 Å². The molecule has 3 heterocycles. The topological polar surface area (TPSA) is 72.5 Å². The predicted molar refractivity (Wildman–Crippen MR) is 116 cm³/mol. The lowest BCUT2D eigenvalue weighted by molar-refractivity contribution is 0.521. The number of thioether (sulfide) groups is 1. The highest BCUT2D eigenvalue weighted by atomic mass is 32.2. The minimum absolute atomic E-state index is 0.259. The van der Waals surface area contributed by atoms with Crippen LogP contribution in [0.15, 0.2) is 58.8 Å². The van der Waals surface area contributed by atoms with Crippen LogP contribution in [0.2, 0.25) is 0 Å². The number of sulfonamides is 1. The summed E-state index contributed by atoms with van der Waals surface area (Å²) in [4.78, 5) is 9.54. The Morgan fingerprint density at radius 1 is 1.17 bits per heavy atom. The van der Waals surface area contributed by atoms with Gasteiger partial charge in [0.1, 0.15) is 5.82 Å². The van der Waals surface area contributed by atoms with E-state index in [1.807, 2.05) is 36.7 Å². The molecule has 0 aliphatic carbocycles. The molecule has 0 bridgehead atoms. The summed E-state index contributed by atoms with van der Waals surface area (Å²) in [5.74, 6) is 1.57. The lowest BCUT2D eigenvalue weighted by Gasteiger charge is -2.11. The number of rotatable bonds is 7. The number of pyridine rings is 1. The molecule has 1 aromatic carbocycles. The maximum absolute atomic E-state index is 12.5. The van der Waals surface area contributed by atoms with Gasteiger partial charge in [0.2, 0.25) is 10.0 Å². The van der Waals surface area contributed by atoms with Gasteiger partial charge in [-0.2, -0.15) is 0 Å². The van der Waals surface area contributed by atoms with Crippen molar-refractivity contribution in [1.82, 2.24) is 23.2 Å². The largest absolute Gasteiger partial charge is 0.327 e. The predicted octanol–water partition coefficient (Wildman–Crippen LogP) is 3.64. The molecule has 3 aromatic heterocycles. The van der Waals surface area contributed by atoms with E-state index < -0.39 is 10.0 Å². The number of imidazole rings is 2. The average molecular weight is 430 g/mol. The van der Waals surface area contributed by atoms with Crippen LogP contribution < -0.4 is 0 Å². The second-order valence-electron chi connectivity index (χ2n) is 6.94. The summed E-state index contributed by atoms with van der Waals surface area (Å²) in [6.45, 7) is 2.95. The highest BCUT2D eigenvalue weighted by Gasteiger charge is 2.20. The first-order chi connectivity index (χ1) is 13.9. The van der Waals surface area contributed by atoms with Gasteiger partial charge in [0, 0.05) is 26.8 Å². The molecule has 0 unspecified atom stereocenters. The van der Waals surface area contributed by atoms with Crippen LogP contribution in [-0.4, -0.2) is 45.8 Å². The molecule has 9 heteroatoms. The van der Waals surface area contributed by atoms with Crippen molar-refractivity contribution in [2.45, 2.75) is 35.7 Å². The van der Waals surface area contributed by atoms with Crippen molar-refractivity contribution in [3.63, 3.8) is 0 Å². The van der Waals surface area contributed by atoms with E-state index in [0.717, 1.165) is 35.0 Å². The molecule has 0 atom stereocenters. The maximum Gasteiger partial charge on any atom is 0.242 e. The molecule has 4 aromatic rings. The van der Waals surface area contributed by atoms with Crippen molar-refractivity contribution in [1.29, 1.82) is 0 Å². The summed E-state index contributed by atoms with van der Waals surface area (Å²) in [6.07, 6.45) is 4.82. The third kappa shape index (κ3) is 3.65. The molecular weight excluding hydrogens is 406 g/mol. The van der Waals surface area contributed by atoms with Gasteiger partial charge in [0.25, 0.3) is 0 Å². The number of hydrogen-bond donors (Lipinski definition) is 0. The number of nitrogens with zero attached hydrogens (tertiary/aromatic N) is 5. The minimum Gasteiger partial charge on any atom is -0.327 e. The van der Waals surface area contributed by atoms with Crippen molar-refractivity contribution in [2.24, 2.45) is 0 Å². The van der Waals surface area contributed by atoms with Crippen molar-refractivity contribution in [3.8, 4) is 0 Å². The Hall–Kier alpha value is -2.36. The summed E-state index contributed by atoms with van der Waals surface area (Å²) in [7, 11) is -0.423. The van der Waals surface area contributed by atoms with Crippen LogP contribution >= 0.6 is 11.8 Å². The number of fused-ring (bicyclic) bond motifs is 2. The standard InChI is InChI=1S/C20H23N5O2S2/c1-4-10-25-18-9-8-16(29(26,27)23(2)3)12-17(18)22-19(25)14-28-20-21-13-15-7-5-6-11-24(15)20/h5-9,11-13H,4,10,14H2,1-3H3. The Morgan fingerprint density at radius 2 is 2.00 bits per heavy atom. The zero-order valence-electron chi connectivity index (χ0n) is 16.6. The molecule has 0 spiro atoms. The maximum atomic E-state index is 12.5. The smallest absolute Gasteiger partial charge is 0.242 e. The zero-order valence-corrected chi connectivity index (χ0v) is 18.2. The summed E-state index contributed by atoms with van der Waals surface area (Å²) in [5, 5.41) is 0.909. The lowest BCUT2D eigenvalue weighted by Crippen LogP contribution is -2.22. The van der Waals surface area contributed by atoms with E-state index in [2.05, 4.69) is 20.9 Å². The van der Waals surface area contributed by atoms with E-state index in [4.69, 9.17) is 4.98 Å². The van der Waals surface area contributed by atoms with Crippen LogP contribution in [0.25, 0.3) is 16.6 Å². The Morgan fingerprint density at radius 3 is 2.76 bits per heavy atom. The molecule has 7 nitrogen and oxygen atoms in total. The van der Waals surface area contributed by atoms with E-state index in [0.29, 0.717) is 11.3 Å². The van der Waals surface area contributed by atoms with Crippen molar-refractivity contribution < 1.29 is 8.42 Å². The molecule has 29 heavy (non-hydrogen) atoms. The summed E-state index contributed by atoms with van der Waals surface area (Å²) < 4.78 is 30.4. The quantitative estimate of drug-likeness (QED) is 0.420. The van der Waals surface area contributed by atoms with Gasteiger partial charge in [-0.05, 0) is 36.8 Å². The third-order valence-corrected chi connectivity index (χ3v) is 7.53. The Labute approximate surface area is 174 Å². The van der Waals surface area contributed by atoms with E-state index >= 15 is 0 Å². The third-order valence-electron chi connectivity index (χ3n) is 4.76. The van der Waals surface area contributed by atoms with Crippen LogP contribution in [0.3, 0.4) is 0 Å². The summed E-state index contributed by atoms with van der Waals surface area (Å²) >= 11 is 1.62. The van der Waals surface area contributed by atoms with E-state index in [1.54, 1.807) is 23.9 Å². The average Bonchev–Trinajstić information content (AvgIpc) is 3.27. The first kappa shape index (κ1) is 19.9. The summed E-state index contributed by atoms with van der Waals surface area (Å²) in [6, 6.07) is 11.2. The molecule has 0 N–H and O–H groups in total. The van der Waals surface area contributed by atoms with E-state index in [1.165, 1.54) is 18.4 Å². The molecule has 4 rings (SSSR count). The molecule has 0 saturated carbocycles. The number of aromatic nitrogens is 4. The van der Waals surface area contributed by atoms with E-state index in [-0.39, 0.29) is 4.90 Å². The van der Waals surface area contributed by atoms with E-state index in [9.17, 15) is 8.42 Å². The SMILES string of the molecule is CCCn1c(CSc2ncc3ccccn23)nc2cc(S(=O)(=O)N(C)C)ccc21.